The Morgan fingerprint density at radius 2 is 1.39 bits per heavy atom. The standard InChI is InChI=1S/C15H25NS2/c17-14(11-12-7-3-1-4-8-12)15(18)16-13-9-5-2-6-10-13/h12-13H,1-11H2,(H,16,18). The molecule has 2 saturated carbocycles. The van der Waals surface area contributed by atoms with E-state index in [9.17, 15) is 0 Å². The van der Waals surface area contributed by atoms with Crippen molar-refractivity contribution in [3.05, 3.63) is 0 Å². The molecule has 2 fully saturated rings. The molecule has 0 aliphatic heterocycles. The van der Waals surface area contributed by atoms with Crippen LogP contribution in [0.15, 0.2) is 0 Å². The van der Waals surface area contributed by atoms with Gasteiger partial charge in [0.1, 0.15) is 4.99 Å². The van der Waals surface area contributed by atoms with Crippen molar-refractivity contribution < 1.29 is 0 Å². The number of nitrogens with one attached hydrogen (secondary N) is 1. The summed E-state index contributed by atoms with van der Waals surface area (Å²) >= 11 is 11.0. The summed E-state index contributed by atoms with van der Waals surface area (Å²) in [6, 6.07) is 0.593. The first-order valence-corrected chi connectivity index (χ1v) is 8.41. The molecule has 0 aromatic heterocycles. The molecule has 0 spiro atoms. The molecule has 2 aliphatic rings. The average Bonchev–Trinajstić information content (AvgIpc) is 2.41. The van der Waals surface area contributed by atoms with E-state index >= 15 is 0 Å². The van der Waals surface area contributed by atoms with Gasteiger partial charge >= 0.3 is 0 Å². The maximum Gasteiger partial charge on any atom is 0.113 e. The fraction of sp³-hybridized carbons (Fsp3) is 0.867. The first-order chi connectivity index (χ1) is 8.75. The van der Waals surface area contributed by atoms with Gasteiger partial charge in [0.25, 0.3) is 0 Å². The molecule has 0 atom stereocenters. The van der Waals surface area contributed by atoms with Crippen molar-refractivity contribution in [1.29, 1.82) is 0 Å². The molecule has 18 heavy (non-hydrogen) atoms. The van der Waals surface area contributed by atoms with E-state index in [2.05, 4.69) is 5.32 Å². The Kier molecular flexibility index (Phi) is 6.03. The number of thiocarbonyl (C=S) groups is 2. The van der Waals surface area contributed by atoms with Gasteiger partial charge in [0, 0.05) is 10.9 Å². The van der Waals surface area contributed by atoms with E-state index in [0.717, 1.165) is 22.2 Å². The molecule has 0 radical (unpaired) electrons. The molecule has 3 heteroatoms. The molecule has 0 unspecified atom stereocenters. The molecule has 0 amide bonds. The minimum Gasteiger partial charge on any atom is -0.373 e. The smallest absolute Gasteiger partial charge is 0.113 e. The third-order valence-corrected chi connectivity index (χ3v) is 5.26. The molecule has 102 valence electrons. The lowest BCUT2D eigenvalue weighted by molar-refractivity contribution is 0.369. The monoisotopic (exact) mass is 283 g/mol. The highest BCUT2D eigenvalue weighted by Crippen LogP contribution is 2.27. The second-order valence-electron chi connectivity index (χ2n) is 5.94. The van der Waals surface area contributed by atoms with Crippen LogP contribution >= 0.6 is 24.4 Å². The van der Waals surface area contributed by atoms with E-state index in [1.807, 2.05) is 0 Å². The third kappa shape index (κ3) is 4.58. The van der Waals surface area contributed by atoms with Crippen LogP contribution in [0.2, 0.25) is 0 Å². The Balaban J connectivity index is 1.71. The topological polar surface area (TPSA) is 12.0 Å². The van der Waals surface area contributed by atoms with Gasteiger partial charge < -0.3 is 5.32 Å². The number of rotatable bonds is 4. The van der Waals surface area contributed by atoms with Crippen LogP contribution in [0, 0.1) is 5.92 Å². The predicted molar refractivity (Wildman–Crippen MR) is 86.4 cm³/mol. The van der Waals surface area contributed by atoms with Gasteiger partial charge in [0.05, 0.1) is 0 Å². The Morgan fingerprint density at radius 1 is 0.833 bits per heavy atom. The molecular formula is C15H25NS2. The van der Waals surface area contributed by atoms with Crippen LogP contribution in [-0.2, 0) is 0 Å². The summed E-state index contributed by atoms with van der Waals surface area (Å²) < 4.78 is 0. The lowest BCUT2D eigenvalue weighted by Crippen LogP contribution is -2.39. The zero-order valence-corrected chi connectivity index (χ0v) is 12.9. The van der Waals surface area contributed by atoms with Crippen LogP contribution in [0.1, 0.15) is 70.6 Å². The summed E-state index contributed by atoms with van der Waals surface area (Å²) in [6.07, 6.45) is 14.5. The molecule has 0 aromatic rings. The molecule has 1 nitrogen and oxygen atoms in total. The highest BCUT2D eigenvalue weighted by Gasteiger charge is 2.19. The van der Waals surface area contributed by atoms with Crippen molar-refractivity contribution >= 4 is 34.3 Å². The Labute approximate surface area is 122 Å². The predicted octanol–water partition coefficient (Wildman–Crippen LogP) is 4.58. The second-order valence-corrected chi connectivity index (χ2v) is 6.84. The van der Waals surface area contributed by atoms with E-state index in [4.69, 9.17) is 24.4 Å². The third-order valence-electron chi connectivity index (χ3n) is 4.39. The summed E-state index contributed by atoms with van der Waals surface area (Å²) in [5.41, 5.74) is 0. The van der Waals surface area contributed by atoms with Gasteiger partial charge in [-0.05, 0) is 25.2 Å². The van der Waals surface area contributed by atoms with Crippen molar-refractivity contribution in [3.63, 3.8) is 0 Å². The lowest BCUT2D eigenvalue weighted by Gasteiger charge is -2.26. The van der Waals surface area contributed by atoms with Crippen molar-refractivity contribution in [1.82, 2.24) is 5.32 Å². The maximum absolute atomic E-state index is 5.52. The normalized spacial score (nSPS) is 22.7. The number of hydrogen-bond acceptors (Lipinski definition) is 2. The highest BCUT2D eigenvalue weighted by atomic mass is 32.1. The molecule has 2 aliphatic carbocycles. The van der Waals surface area contributed by atoms with Crippen LogP contribution in [0.25, 0.3) is 0 Å². The van der Waals surface area contributed by atoms with Gasteiger partial charge in [-0.25, -0.2) is 0 Å². The zero-order valence-electron chi connectivity index (χ0n) is 11.2. The molecule has 2 rings (SSSR count). The van der Waals surface area contributed by atoms with E-state index in [-0.39, 0.29) is 0 Å². The van der Waals surface area contributed by atoms with E-state index < -0.39 is 0 Å². The second kappa shape index (κ2) is 7.54. The first kappa shape index (κ1) is 14.4. The Hall–Kier alpha value is -0.0200. The van der Waals surface area contributed by atoms with Crippen molar-refractivity contribution in [2.75, 3.05) is 0 Å². The minimum absolute atomic E-state index is 0.593. The largest absolute Gasteiger partial charge is 0.373 e. The van der Waals surface area contributed by atoms with Gasteiger partial charge in [0.2, 0.25) is 0 Å². The first-order valence-electron chi connectivity index (χ1n) is 7.59. The Bertz CT molecular complexity index is 259. The quantitative estimate of drug-likeness (QED) is 0.759. The van der Waals surface area contributed by atoms with Crippen LogP contribution in [0.5, 0.6) is 0 Å². The SMILES string of the molecule is S=C(CC1CCCCC1)C(=S)NC1CCCCC1. The van der Waals surface area contributed by atoms with Gasteiger partial charge in [-0.3, -0.25) is 0 Å². The van der Waals surface area contributed by atoms with Gasteiger partial charge in [-0.15, -0.1) is 0 Å². The van der Waals surface area contributed by atoms with Gasteiger partial charge in [-0.1, -0.05) is 75.8 Å². The fourth-order valence-electron chi connectivity index (χ4n) is 3.26. The van der Waals surface area contributed by atoms with Crippen molar-refractivity contribution in [2.45, 2.75) is 76.7 Å². The molecule has 0 bridgehead atoms. The van der Waals surface area contributed by atoms with Crippen molar-refractivity contribution in [3.8, 4) is 0 Å². The Morgan fingerprint density at radius 3 is 2.00 bits per heavy atom. The minimum atomic E-state index is 0.593. The highest BCUT2D eigenvalue weighted by molar-refractivity contribution is 7.89. The molecule has 0 aromatic carbocycles. The average molecular weight is 284 g/mol. The maximum atomic E-state index is 5.52. The fourth-order valence-corrected chi connectivity index (χ4v) is 3.80. The lowest BCUT2D eigenvalue weighted by atomic mass is 9.86. The van der Waals surface area contributed by atoms with Crippen LogP contribution in [0.3, 0.4) is 0 Å². The summed E-state index contributed by atoms with van der Waals surface area (Å²) in [4.78, 5) is 1.89. The van der Waals surface area contributed by atoms with Crippen molar-refractivity contribution in [2.24, 2.45) is 5.92 Å². The molecule has 1 N–H and O–H groups in total. The number of hydrogen-bond donors (Lipinski definition) is 1. The summed E-state index contributed by atoms with van der Waals surface area (Å²) in [5.74, 6) is 0.803. The van der Waals surface area contributed by atoms with Crippen LogP contribution in [-0.4, -0.2) is 15.9 Å². The summed E-state index contributed by atoms with van der Waals surface area (Å²) in [7, 11) is 0. The van der Waals surface area contributed by atoms with Gasteiger partial charge in [-0.2, -0.15) is 0 Å². The molecule has 0 heterocycles. The zero-order chi connectivity index (χ0) is 12.8. The molecule has 0 saturated heterocycles. The van der Waals surface area contributed by atoms with E-state index in [1.165, 1.54) is 64.2 Å². The van der Waals surface area contributed by atoms with Crippen LogP contribution < -0.4 is 5.32 Å². The van der Waals surface area contributed by atoms with Crippen LogP contribution in [0.4, 0.5) is 0 Å². The summed E-state index contributed by atoms with van der Waals surface area (Å²) in [5, 5.41) is 3.50. The van der Waals surface area contributed by atoms with Gasteiger partial charge in [0.15, 0.2) is 0 Å². The van der Waals surface area contributed by atoms with E-state index in [0.29, 0.717) is 6.04 Å². The summed E-state index contributed by atoms with van der Waals surface area (Å²) in [6.45, 7) is 0. The van der Waals surface area contributed by atoms with E-state index in [1.54, 1.807) is 0 Å². The molecular weight excluding hydrogens is 258 g/mol.